The molecule has 11 heteroatoms. The summed E-state index contributed by atoms with van der Waals surface area (Å²) in [5.74, 6) is -0.320. The van der Waals surface area contributed by atoms with E-state index >= 15 is 0 Å². The molecule has 3 N–H and O–H groups in total. The Bertz CT molecular complexity index is 1010. The maximum atomic E-state index is 12.4. The Kier molecular flexibility index (Phi) is 10.1. The molecule has 1 saturated carbocycles. The minimum atomic E-state index is -3.95. The van der Waals surface area contributed by atoms with Gasteiger partial charge in [0.05, 0.1) is 16.8 Å². The summed E-state index contributed by atoms with van der Waals surface area (Å²) in [4.78, 5) is 32.2. The van der Waals surface area contributed by atoms with E-state index in [1.807, 2.05) is 0 Å². The number of carbonyl (C=O) groups is 2. The Morgan fingerprint density at radius 1 is 1.06 bits per heavy atom. The molecule has 0 saturated heterocycles. The zero-order chi connectivity index (χ0) is 22.3. The molecule has 2 aromatic rings. The zero-order valence-corrected chi connectivity index (χ0v) is 21.2. The Balaban J connectivity index is 0.00000272. The molecule has 1 aromatic heterocycles. The minimum Gasteiger partial charge on any atom is -1.00 e. The first-order valence-electron chi connectivity index (χ1n) is 10.3. The van der Waals surface area contributed by atoms with Crippen LogP contribution in [-0.4, -0.2) is 42.9 Å². The molecule has 0 bridgehead atoms. The van der Waals surface area contributed by atoms with Crippen molar-refractivity contribution in [2.24, 2.45) is 0 Å². The first-order chi connectivity index (χ1) is 14.8. The van der Waals surface area contributed by atoms with Gasteiger partial charge in [-0.3, -0.25) is 9.78 Å². The summed E-state index contributed by atoms with van der Waals surface area (Å²) >= 11 is 0. The standard InChI is InChI=1S/C21H27N5O4S.Na.H/c1-15-13-24-19(14-23-15)20(27)22-12-11-16-7-9-18(10-8-16)31(29,30)26-21(28)25-17-5-3-2-4-6-17;;/h7-10,13-14,17H,2-6,11-12H2,1H3,(H,22,27)(H2,25,26,28);;/q;+1;-1. The van der Waals surface area contributed by atoms with Gasteiger partial charge >= 0.3 is 35.6 Å². The molecule has 1 aliphatic carbocycles. The van der Waals surface area contributed by atoms with Crippen LogP contribution in [0.25, 0.3) is 0 Å². The van der Waals surface area contributed by atoms with Crippen molar-refractivity contribution in [2.45, 2.75) is 56.4 Å². The van der Waals surface area contributed by atoms with Crippen LogP contribution in [0.2, 0.25) is 0 Å². The quantitative estimate of drug-likeness (QED) is 0.455. The van der Waals surface area contributed by atoms with Crippen molar-refractivity contribution in [3.8, 4) is 0 Å². The third kappa shape index (κ3) is 7.84. The van der Waals surface area contributed by atoms with Crippen LogP contribution in [0.4, 0.5) is 4.79 Å². The summed E-state index contributed by atoms with van der Waals surface area (Å²) in [5, 5.41) is 5.48. The smallest absolute Gasteiger partial charge is 1.00 e. The number of sulfonamides is 1. The van der Waals surface area contributed by atoms with Crippen molar-refractivity contribution >= 4 is 22.0 Å². The summed E-state index contributed by atoms with van der Waals surface area (Å²) in [7, 11) is -3.95. The molecule has 0 aliphatic heterocycles. The van der Waals surface area contributed by atoms with E-state index in [1.165, 1.54) is 24.5 Å². The maximum Gasteiger partial charge on any atom is 1.00 e. The Morgan fingerprint density at radius 3 is 2.38 bits per heavy atom. The van der Waals surface area contributed by atoms with Crippen LogP contribution >= 0.6 is 0 Å². The summed E-state index contributed by atoms with van der Waals surface area (Å²) in [6.45, 7) is 2.15. The normalized spacial score (nSPS) is 14.2. The molecule has 168 valence electrons. The number of aromatic nitrogens is 2. The molecule has 0 radical (unpaired) electrons. The van der Waals surface area contributed by atoms with Crippen LogP contribution < -0.4 is 44.9 Å². The number of urea groups is 1. The number of carbonyl (C=O) groups excluding carboxylic acids is 2. The van der Waals surface area contributed by atoms with Gasteiger partial charge in [0.15, 0.2) is 0 Å². The SMILES string of the molecule is Cc1cnc(C(=O)NCCc2ccc(S(=O)(=O)NC(=O)NC3CCCCC3)cc2)cn1.[H-].[Na+]. The van der Waals surface area contributed by atoms with Crippen molar-refractivity contribution in [1.82, 2.24) is 25.3 Å². The number of nitrogens with zero attached hydrogens (tertiary/aromatic N) is 2. The van der Waals surface area contributed by atoms with Crippen molar-refractivity contribution < 1.29 is 49.0 Å². The molecular formula is C21H28N5NaO4S. The Morgan fingerprint density at radius 2 is 1.75 bits per heavy atom. The van der Waals surface area contributed by atoms with Gasteiger partial charge < -0.3 is 12.1 Å². The Hall–Kier alpha value is -2.01. The monoisotopic (exact) mass is 469 g/mol. The van der Waals surface area contributed by atoms with Crippen molar-refractivity contribution in [1.29, 1.82) is 0 Å². The molecule has 1 fully saturated rings. The van der Waals surface area contributed by atoms with E-state index in [0.29, 0.717) is 13.0 Å². The largest absolute Gasteiger partial charge is 1.00 e. The summed E-state index contributed by atoms with van der Waals surface area (Å²) in [5.41, 5.74) is 1.82. The van der Waals surface area contributed by atoms with Crippen LogP contribution in [0.1, 0.15) is 55.3 Å². The maximum absolute atomic E-state index is 12.4. The van der Waals surface area contributed by atoms with Gasteiger partial charge in [0.25, 0.3) is 15.9 Å². The van der Waals surface area contributed by atoms with Crippen molar-refractivity contribution in [3.63, 3.8) is 0 Å². The fourth-order valence-electron chi connectivity index (χ4n) is 3.40. The molecule has 3 amide bonds. The number of aryl methyl sites for hydroxylation is 1. The van der Waals surface area contributed by atoms with Crippen molar-refractivity contribution in [2.75, 3.05) is 6.54 Å². The predicted octanol–water partition coefficient (Wildman–Crippen LogP) is -0.805. The van der Waals surface area contributed by atoms with E-state index in [2.05, 4.69) is 25.3 Å². The predicted molar refractivity (Wildman–Crippen MR) is 116 cm³/mol. The molecule has 0 spiro atoms. The second-order valence-corrected chi connectivity index (χ2v) is 9.29. The van der Waals surface area contributed by atoms with Crippen molar-refractivity contribution in [3.05, 3.63) is 53.6 Å². The first kappa shape index (κ1) is 26.2. The second-order valence-electron chi connectivity index (χ2n) is 7.61. The van der Waals surface area contributed by atoms with E-state index in [-0.39, 0.29) is 53.5 Å². The molecule has 9 nitrogen and oxygen atoms in total. The number of hydrogen-bond acceptors (Lipinski definition) is 6. The van der Waals surface area contributed by atoms with Crippen LogP contribution in [0.5, 0.6) is 0 Å². The van der Waals surface area contributed by atoms with Crippen LogP contribution in [0.15, 0.2) is 41.6 Å². The van der Waals surface area contributed by atoms with Crippen LogP contribution in [-0.2, 0) is 16.4 Å². The van der Waals surface area contributed by atoms with E-state index in [9.17, 15) is 18.0 Å². The number of rotatable bonds is 7. The topological polar surface area (TPSA) is 130 Å². The Labute approximate surface area is 212 Å². The van der Waals surface area contributed by atoms with Gasteiger partial charge in [0.1, 0.15) is 5.69 Å². The van der Waals surface area contributed by atoms with Crippen LogP contribution in [0, 0.1) is 6.92 Å². The van der Waals surface area contributed by atoms with Gasteiger partial charge in [-0.25, -0.2) is 22.9 Å². The number of hydrogen-bond donors (Lipinski definition) is 3. The molecule has 1 heterocycles. The van der Waals surface area contributed by atoms with E-state index in [0.717, 1.165) is 43.4 Å². The second kappa shape index (κ2) is 12.3. The minimum absolute atomic E-state index is 0. The molecule has 0 unspecified atom stereocenters. The average Bonchev–Trinajstić information content (AvgIpc) is 2.75. The molecule has 32 heavy (non-hydrogen) atoms. The molecular weight excluding hydrogens is 441 g/mol. The van der Waals surface area contributed by atoms with Gasteiger partial charge in [-0.15, -0.1) is 0 Å². The van der Waals surface area contributed by atoms with Gasteiger partial charge in [0, 0.05) is 18.8 Å². The van der Waals surface area contributed by atoms with Gasteiger partial charge in [-0.05, 0) is 43.9 Å². The average molecular weight is 470 g/mol. The summed E-state index contributed by atoms with van der Waals surface area (Å²) in [6, 6.07) is 5.53. The zero-order valence-electron chi connectivity index (χ0n) is 19.4. The van der Waals surface area contributed by atoms with Gasteiger partial charge in [-0.2, -0.15) is 0 Å². The fourth-order valence-corrected chi connectivity index (χ4v) is 4.31. The molecule has 0 atom stereocenters. The third-order valence-electron chi connectivity index (χ3n) is 5.11. The first-order valence-corrected chi connectivity index (χ1v) is 11.8. The van der Waals surface area contributed by atoms with Crippen LogP contribution in [0.3, 0.4) is 0 Å². The third-order valence-corrected chi connectivity index (χ3v) is 6.46. The molecule has 1 aliphatic rings. The molecule has 3 rings (SSSR count). The summed E-state index contributed by atoms with van der Waals surface area (Å²) < 4.78 is 26.9. The summed E-state index contributed by atoms with van der Waals surface area (Å²) in [6.07, 6.45) is 8.43. The fraction of sp³-hybridized carbons (Fsp3) is 0.429. The van der Waals surface area contributed by atoms with Gasteiger partial charge in [-0.1, -0.05) is 31.4 Å². The van der Waals surface area contributed by atoms with E-state index in [4.69, 9.17) is 0 Å². The van der Waals surface area contributed by atoms with E-state index in [1.54, 1.807) is 19.1 Å². The number of benzene rings is 1. The number of nitrogens with one attached hydrogen (secondary N) is 3. The number of amides is 3. The van der Waals surface area contributed by atoms with E-state index < -0.39 is 16.1 Å². The van der Waals surface area contributed by atoms with Gasteiger partial charge in [0.2, 0.25) is 0 Å². The molecule has 1 aromatic carbocycles.